The summed E-state index contributed by atoms with van der Waals surface area (Å²) in [5.74, 6) is 1.42. The van der Waals surface area contributed by atoms with Crippen LogP contribution in [0.5, 0.6) is 0 Å². The number of aliphatic hydroxyl groups is 1. The van der Waals surface area contributed by atoms with Crippen molar-refractivity contribution >= 4 is 0 Å². The molecule has 0 saturated heterocycles. The molecule has 2 N–H and O–H groups in total. The third-order valence-electron chi connectivity index (χ3n) is 2.98. The molecule has 2 heteroatoms. The lowest BCUT2D eigenvalue weighted by Crippen LogP contribution is -2.43. The monoisotopic (exact) mass is 199 g/mol. The molecule has 0 aromatic heterocycles. The molecule has 1 fully saturated rings. The maximum Gasteiger partial charge on any atom is 0.0746 e. The van der Waals surface area contributed by atoms with Gasteiger partial charge >= 0.3 is 0 Å². The van der Waals surface area contributed by atoms with Crippen LogP contribution in [-0.4, -0.2) is 23.3 Å². The van der Waals surface area contributed by atoms with Crippen LogP contribution in [0.25, 0.3) is 0 Å². The second-order valence-electron chi connectivity index (χ2n) is 5.60. The van der Waals surface area contributed by atoms with Crippen LogP contribution in [0.3, 0.4) is 0 Å². The minimum Gasteiger partial charge on any atom is -0.389 e. The summed E-state index contributed by atoms with van der Waals surface area (Å²) in [5, 5.41) is 13.5. The van der Waals surface area contributed by atoms with Crippen LogP contribution >= 0.6 is 0 Å². The van der Waals surface area contributed by atoms with Crippen LogP contribution < -0.4 is 5.32 Å². The fourth-order valence-corrected chi connectivity index (χ4v) is 2.10. The van der Waals surface area contributed by atoms with Gasteiger partial charge in [-0.05, 0) is 44.9 Å². The molecule has 2 atom stereocenters. The number of hydrogen-bond donors (Lipinski definition) is 2. The van der Waals surface area contributed by atoms with E-state index in [2.05, 4.69) is 26.1 Å². The fraction of sp³-hybridized carbons (Fsp3) is 1.00. The van der Waals surface area contributed by atoms with Gasteiger partial charge in [0.25, 0.3) is 0 Å². The van der Waals surface area contributed by atoms with Crippen molar-refractivity contribution in [3.05, 3.63) is 0 Å². The Kier molecular flexibility index (Phi) is 3.96. The Hall–Kier alpha value is -0.0800. The molecule has 2 unspecified atom stereocenters. The molecule has 0 radical (unpaired) electrons. The predicted molar refractivity (Wildman–Crippen MR) is 60.3 cm³/mol. The first kappa shape index (κ1) is 12.0. The van der Waals surface area contributed by atoms with Crippen molar-refractivity contribution in [3.8, 4) is 0 Å². The van der Waals surface area contributed by atoms with Gasteiger partial charge in [0.05, 0.1) is 5.60 Å². The molecule has 0 aromatic rings. The molecular formula is C12H25NO. The molecule has 1 saturated carbocycles. The van der Waals surface area contributed by atoms with Gasteiger partial charge in [-0.1, -0.05) is 13.8 Å². The minimum atomic E-state index is -0.544. The first-order valence-corrected chi connectivity index (χ1v) is 5.86. The summed E-state index contributed by atoms with van der Waals surface area (Å²) in [4.78, 5) is 0. The molecule has 0 heterocycles. The third-order valence-corrected chi connectivity index (χ3v) is 2.98. The Morgan fingerprint density at radius 3 is 2.36 bits per heavy atom. The molecule has 14 heavy (non-hydrogen) atoms. The third kappa shape index (κ3) is 4.43. The average Bonchev–Trinajstić information content (AvgIpc) is 2.79. The molecule has 0 aliphatic heterocycles. The van der Waals surface area contributed by atoms with E-state index in [4.69, 9.17) is 0 Å². The van der Waals surface area contributed by atoms with E-state index in [9.17, 15) is 5.11 Å². The molecule has 84 valence electrons. The standard InChI is InChI=1S/C12H25NO/c1-9(2)7-12(4,14)8-13-10(3)11-5-6-11/h9-11,13-14H,5-8H2,1-4H3. The predicted octanol–water partition coefficient (Wildman–Crippen LogP) is 2.17. The van der Waals surface area contributed by atoms with Crippen molar-refractivity contribution in [1.82, 2.24) is 5.32 Å². The molecule has 0 spiro atoms. The average molecular weight is 199 g/mol. The Morgan fingerprint density at radius 1 is 1.36 bits per heavy atom. The van der Waals surface area contributed by atoms with E-state index in [0.29, 0.717) is 12.0 Å². The topological polar surface area (TPSA) is 32.3 Å². The quantitative estimate of drug-likeness (QED) is 0.687. The Balaban J connectivity index is 2.20. The first-order valence-electron chi connectivity index (χ1n) is 5.86. The van der Waals surface area contributed by atoms with E-state index in [1.165, 1.54) is 12.8 Å². The highest BCUT2D eigenvalue weighted by Crippen LogP contribution is 2.32. The van der Waals surface area contributed by atoms with Crippen LogP contribution in [-0.2, 0) is 0 Å². The Bertz CT molecular complexity index is 173. The zero-order valence-corrected chi connectivity index (χ0v) is 10.0. The summed E-state index contributed by atoms with van der Waals surface area (Å²) in [7, 11) is 0. The van der Waals surface area contributed by atoms with Gasteiger partial charge < -0.3 is 10.4 Å². The van der Waals surface area contributed by atoms with Gasteiger partial charge in [0, 0.05) is 12.6 Å². The molecule has 1 rings (SSSR count). The molecular weight excluding hydrogens is 174 g/mol. The van der Waals surface area contributed by atoms with Crippen molar-refractivity contribution in [2.24, 2.45) is 11.8 Å². The number of hydrogen-bond acceptors (Lipinski definition) is 2. The van der Waals surface area contributed by atoms with Gasteiger partial charge in [0.15, 0.2) is 0 Å². The van der Waals surface area contributed by atoms with Gasteiger partial charge in [-0.2, -0.15) is 0 Å². The van der Waals surface area contributed by atoms with E-state index in [0.717, 1.165) is 18.9 Å². The molecule has 0 bridgehead atoms. The highest BCUT2D eigenvalue weighted by molar-refractivity contribution is 4.86. The van der Waals surface area contributed by atoms with Gasteiger partial charge in [0.1, 0.15) is 0 Å². The molecule has 0 aromatic carbocycles. The Morgan fingerprint density at radius 2 is 1.93 bits per heavy atom. The lowest BCUT2D eigenvalue weighted by atomic mass is 9.94. The van der Waals surface area contributed by atoms with Crippen LogP contribution in [0.1, 0.15) is 47.0 Å². The molecule has 0 amide bonds. The first-order chi connectivity index (χ1) is 6.41. The lowest BCUT2D eigenvalue weighted by Gasteiger charge is -2.27. The van der Waals surface area contributed by atoms with Crippen LogP contribution in [0.4, 0.5) is 0 Å². The summed E-state index contributed by atoms with van der Waals surface area (Å²) in [5.41, 5.74) is -0.544. The number of rotatable bonds is 6. The van der Waals surface area contributed by atoms with Gasteiger partial charge in [-0.15, -0.1) is 0 Å². The molecule has 1 aliphatic carbocycles. The van der Waals surface area contributed by atoms with Crippen LogP contribution in [0.15, 0.2) is 0 Å². The van der Waals surface area contributed by atoms with Gasteiger partial charge in [0.2, 0.25) is 0 Å². The summed E-state index contributed by atoms with van der Waals surface area (Å²) in [6, 6.07) is 0.577. The maximum atomic E-state index is 10.1. The smallest absolute Gasteiger partial charge is 0.0746 e. The summed E-state index contributed by atoms with van der Waals surface area (Å²) >= 11 is 0. The van der Waals surface area contributed by atoms with E-state index in [-0.39, 0.29) is 0 Å². The molecule has 2 nitrogen and oxygen atoms in total. The van der Waals surface area contributed by atoms with E-state index in [1.807, 2.05) is 6.92 Å². The normalized spacial score (nSPS) is 23.6. The Labute approximate surface area is 88.1 Å². The highest BCUT2D eigenvalue weighted by atomic mass is 16.3. The van der Waals surface area contributed by atoms with Crippen molar-refractivity contribution in [2.75, 3.05) is 6.54 Å². The van der Waals surface area contributed by atoms with Crippen molar-refractivity contribution in [1.29, 1.82) is 0 Å². The summed E-state index contributed by atoms with van der Waals surface area (Å²) < 4.78 is 0. The lowest BCUT2D eigenvalue weighted by molar-refractivity contribution is 0.0357. The van der Waals surface area contributed by atoms with Crippen molar-refractivity contribution < 1.29 is 5.11 Å². The van der Waals surface area contributed by atoms with E-state index >= 15 is 0 Å². The van der Waals surface area contributed by atoms with Crippen molar-refractivity contribution in [2.45, 2.75) is 58.6 Å². The van der Waals surface area contributed by atoms with Crippen LogP contribution in [0, 0.1) is 11.8 Å². The van der Waals surface area contributed by atoms with E-state index < -0.39 is 5.60 Å². The van der Waals surface area contributed by atoms with Crippen LogP contribution in [0.2, 0.25) is 0 Å². The molecule has 1 aliphatic rings. The summed E-state index contributed by atoms with van der Waals surface area (Å²) in [6.45, 7) is 9.18. The highest BCUT2D eigenvalue weighted by Gasteiger charge is 2.29. The van der Waals surface area contributed by atoms with E-state index in [1.54, 1.807) is 0 Å². The van der Waals surface area contributed by atoms with Crippen molar-refractivity contribution in [3.63, 3.8) is 0 Å². The maximum absolute atomic E-state index is 10.1. The second kappa shape index (κ2) is 4.63. The zero-order chi connectivity index (χ0) is 10.8. The summed E-state index contributed by atoms with van der Waals surface area (Å²) in [6.07, 6.45) is 3.60. The fourth-order valence-electron chi connectivity index (χ4n) is 2.10. The largest absolute Gasteiger partial charge is 0.389 e. The second-order valence-corrected chi connectivity index (χ2v) is 5.60. The number of nitrogens with one attached hydrogen (secondary N) is 1. The zero-order valence-electron chi connectivity index (χ0n) is 10.0. The SMILES string of the molecule is CC(C)CC(C)(O)CNC(C)C1CC1. The van der Waals surface area contributed by atoms with Gasteiger partial charge in [-0.25, -0.2) is 0 Å². The minimum absolute atomic E-state index is 0.544. The van der Waals surface area contributed by atoms with Gasteiger partial charge in [-0.3, -0.25) is 0 Å².